The minimum absolute atomic E-state index is 0.110. The maximum atomic E-state index is 12.6. The number of fused-ring (bicyclic) bond motifs is 1. The van der Waals surface area contributed by atoms with Crippen LogP contribution in [0.1, 0.15) is 21.9 Å². The van der Waals surface area contributed by atoms with Crippen LogP contribution in [0.4, 0.5) is 13.2 Å². The van der Waals surface area contributed by atoms with E-state index in [1.54, 1.807) is 12.3 Å². The molecule has 0 spiro atoms. The van der Waals surface area contributed by atoms with Crippen LogP contribution in [0.3, 0.4) is 0 Å². The number of carbonyl (C=O) groups is 1. The molecule has 0 aliphatic carbocycles. The van der Waals surface area contributed by atoms with E-state index >= 15 is 0 Å². The molecule has 0 saturated carbocycles. The molecular formula is C8H6F3N3OS. The highest BCUT2D eigenvalue weighted by Crippen LogP contribution is 2.33. The molecule has 0 aliphatic rings. The maximum absolute atomic E-state index is 12.6. The van der Waals surface area contributed by atoms with Gasteiger partial charge in [0.15, 0.2) is 10.7 Å². The van der Waals surface area contributed by atoms with Crippen LogP contribution in [0.25, 0.3) is 4.96 Å². The van der Waals surface area contributed by atoms with Crippen LogP contribution in [0.15, 0.2) is 5.38 Å². The van der Waals surface area contributed by atoms with Crippen LogP contribution in [-0.2, 0) is 6.18 Å². The molecule has 0 radical (unpaired) electrons. The summed E-state index contributed by atoms with van der Waals surface area (Å²) in [5, 5.41) is 1.61. The highest BCUT2D eigenvalue weighted by Gasteiger charge is 2.40. The predicted molar refractivity (Wildman–Crippen MR) is 51.3 cm³/mol. The average Bonchev–Trinajstić information content (AvgIpc) is 2.64. The number of rotatable bonds is 1. The second-order valence-electron chi connectivity index (χ2n) is 3.17. The van der Waals surface area contributed by atoms with Gasteiger partial charge in [0.25, 0.3) is 5.91 Å². The summed E-state index contributed by atoms with van der Waals surface area (Å²) in [6, 6.07) is 0. The molecule has 0 saturated heterocycles. The van der Waals surface area contributed by atoms with Crippen molar-refractivity contribution in [3.8, 4) is 0 Å². The molecule has 8 heteroatoms. The second kappa shape index (κ2) is 3.21. The van der Waals surface area contributed by atoms with E-state index in [1.165, 1.54) is 0 Å². The number of carbonyl (C=O) groups excluding carboxylic acids is 1. The number of halogens is 3. The van der Waals surface area contributed by atoms with Gasteiger partial charge in [-0.1, -0.05) is 0 Å². The van der Waals surface area contributed by atoms with Crippen molar-refractivity contribution in [2.45, 2.75) is 13.1 Å². The second-order valence-corrected chi connectivity index (χ2v) is 4.00. The smallest absolute Gasteiger partial charge is 0.364 e. The Morgan fingerprint density at radius 2 is 2.19 bits per heavy atom. The highest BCUT2D eigenvalue weighted by atomic mass is 32.1. The van der Waals surface area contributed by atoms with E-state index in [1.807, 2.05) is 0 Å². The van der Waals surface area contributed by atoms with E-state index in [9.17, 15) is 18.0 Å². The largest absolute Gasteiger partial charge is 0.435 e. The molecule has 1 amide bonds. The normalized spacial score (nSPS) is 12.2. The quantitative estimate of drug-likeness (QED) is 0.838. The van der Waals surface area contributed by atoms with Crippen LogP contribution < -0.4 is 5.73 Å². The van der Waals surface area contributed by atoms with Gasteiger partial charge in [-0.3, -0.25) is 9.20 Å². The minimum atomic E-state index is -4.68. The Balaban J connectivity index is 2.85. The van der Waals surface area contributed by atoms with Crippen molar-refractivity contribution in [3.63, 3.8) is 0 Å². The zero-order valence-electron chi connectivity index (χ0n) is 8.00. The van der Waals surface area contributed by atoms with Gasteiger partial charge in [-0.2, -0.15) is 13.2 Å². The van der Waals surface area contributed by atoms with Crippen molar-refractivity contribution < 1.29 is 18.0 Å². The standard InChI is InChI=1S/C8H6F3N3OS/c1-3-2-16-7-13-5(8(9,10)11)4(6(12)15)14(3)7/h2H,1H3,(H2,12,15). The van der Waals surface area contributed by atoms with Crippen LogP contribution in [-0.4, -0.2) is 15.3 Å². The lowest BCUT2D eigenvalue weighted by Gasteiger charge is -2.04. The van der Waals surface area contributed by atoms with Crippen molar-refractivity contribution in [1.29, 1.82) is 0 Å². The summed E-state index contributed by atoms with van der Waals surface area (Å²) >= 11 is 1.03. The number of imidazole rings is 1. The molecule has 0 aliphatic heterocycles. The van der Waals surface area contributed by atoms with E-state index in [0.717, 1.165) is 15.7 Å². The van der Waals surface area contributed by atoms with Crippen molar-refractivity contribution in [2.24, 2.45) is 5.73 Å². The lowest BCUT2D eigenvalue weighted by atomic mass is 10.3. The zero-order valence-corrected chi connectivity index (χ0v) is 8.82. The number of primary amides is 1. The van der Waals surface area contributed by atoms with Crippen LogP contribution in [0.2, 0.25) is 0 Å². The Morgan fingerprint density at radius 1 is 1.56 bits per heavy atom. The summed E-state index contributed by atoms with van der Waals surface area (Å²) in [6.45, 7) is 1.58. The molecule has 2 aromatic rings. The lowest BCUT2D eigenvalue weighted by molar-refractivity contribution is -0.141. The van der Waals surface area contributed by atoms with Crippen LogP contribution in [0, 0.1) is 6.92 Å². The van der Waals surface area contributed by atoms with Crippen LogP contribution >= 0.6 is 11.3 Å². The summed E-state index contributed by atoms with van der Waals surface area (Å²) in [4.78, 5) is 14.6. The van der Waals surface area contributed by atoms with E-state index < -0.39 is 23.5 Å². The van der Waals surface area contributed by atoms with Gasteiger partial charge in [0.05, 0.1) is 0 Å². The Morgan fingerprint density at radius 3 is 2.69 bits per heavy atom. The number of nitrogens with two attached hydrogens (primary N) is 1. The van der Waals surface area contributed by atoms with E-state index in [2.05, 4.69) is 4.98 Å². The molecule has 2 heterocycles. The van der Waals surface area contributed by atoms with Gasteiger partial charge in [0.1, 0.15) is 5.69 Å². The van der Waals surface area contributed by atoms with Crippen molar-refractivity contribution in [3.05, 3.63) is 22.5 Å². The number of aryl methyl sites for hydroxylation is 1. The van der Waals surface area contributed by atoms with Gasteiger partial charge in [0.2, 0.25) is 0 Å². The van der Waals surface area contributed by atoms with Gasteiger partial charge in [-0.15, -0.1) is 11.3 Å². The SMILES string of the molecule is Cc1csc2nc(C(F)(F)F)c(C(N)=O)n12. The molecule has 2 N–H and O–H groups in total. The maximum Gasteiger partial charge on any atom is 0.435 e. The number of hydrogen-bond donors (Lipinski definition) is 1. The Kier molecular flexibility index (Phi) is 2.19. The van der Waals surface area contributed by atoms with Gasteiger partial charge in [-0.05, 0) is 6.92 Å². The Labute approximate surface area is 91.5 Å². The number of thiazole rings is 1. The summed E-state index contributed by atoms with van der Waals surface area (Å²) in [5.41, 5.74) is 3.61. The third-order valence-electron chi connectivity index (χ3n) is 2.04. The molecule has 2 aromatic heterocycles. The molecule has 0 atom stereocenters. The third kappa shape index (κ3) is 1.45. The molecular weight excluding hydrogens is 243 g/mol. The molecule has 0 bridgehead atoms. The predicted octanol–water partition coefficient (Wildman–Crippen LogP) is 1.82. The number of nitrogens with zero attached hydrogens (tertiary/aromatic N) is 2. The first kappa shape index (κ1) is 10.9. The number of aromatic nitrogens is 2. The monoisotopic (exact) mass is 249 g/mol. The first-order chi connectivity index (χ1) is 7.32. The molecule has 0 fully saturated rings. The fourth-order valence-corrected chi connectivity index (χ4v) is 2.29. The van der Waals surface area contributed by atoms with Crippen molar-refractivity contribution >= 4 is 22.2 Å². The average molecular weight is 249 g/mol. The van der Waals surface area contributed by atoms with Gasteiger partial charge in [0, 0.05) is 11.1 Å². The summed E-state index contributed by atoms with van der Waals surface area (Å²) in [6.07, 6.45) is -4.68. The zero-order chi connectivity index (χ0) is 12.1. The Bertz CT molecular complexity index is 569. The van der Waals surface area contributed by atoms with Crippen molar-refractivity contribution in [2.75, 3.05) is 0 Å². The molecule has 2 rings (SSSR count). The van der Waals surface area contributed by atoms with Crippen molar-refractivity contribution in [1.82, 2.24) is 9.38 Å². The number of hydrogen-bond acceptors (Lipinski definition) is 3. The fraction of sp³-hybridized carbons (Fsp3) is 0.250. The van der Waals surface area contributed by atoms with Crippen LogP contribution in [0.5, 0.6) is 0 Å². The third-order valence-corrected chi connectivity index (χ3v) is 2.98. The number of amides is 1. The molecule has 0 unspecified atom stereocenters. The van der Waals surface area contributed by atoms with E-state index in [-0.39, 0.29) is 4.96 Å². The molecule has 86 valence electrons. The fourth-order valence-electron chi connectivity index (χ4n) is 1.42. The molecule has 16 heavy (non-hydrogen) atoms. The lowest BCUT2D eigenvalue weighted by Crippen LogP contribution is -2.20. The molecule has 0 aromatic carbocycles. The van der Waals surface area contributed by atoms with E-state index in [4.69, 9.17) is 5.73 Å². The summed E-state index contributed by atoms with van der Waals surface area (Å²) in [5.74, 6) is -1.14. The topological polar surface area (TPSA) is 60.4 Å². The highest BCUT2D eigenvalue weighted by molar-refractivity contribution is 7.15. The molecule has 4 nitrogen and oxygen atoms in total. The first-order valence-electron chi connectivity index (χ1n) is 4.16. The van der Waals surface area contributed by atoms with Gasteiger partial charge in [-0.25, -0.2) is 4.98 Å². The van der Waals surface area contributed by atoms with E-state index in [0.29, 0.717) is 5.69 Å². The Hall–Kier alpha value is -1.57. The first-order valence-corrected chi connectivity index (χ1v) is 5.04. The summed E-state index contributed by atoms with van der Waals surface area (Å²) < 4.78 is 38.9. The number of alkyl halides is 3. The van der Waals surface area contributed by atoms with Gasteiger partial charge < -0.3 is 5.73 Å². The minimum Gasteiger partial charge on any atom is -0.364 e. The summed E-state index contributed by atoms with van der Waals surface area (Å²) in [7, 11) is 0. The van der Waals surface area contributed by atoms with Gasteiger partial charge >= 0.3 is 6.18 Å².